The maximum Gasteiger partial charge on any atom is 0.270 e. The van der Waals surface area contributed by atoms with Gasteiger partial charge in [-0.25, -0.2) is 4.98 Å². The van der Waals surface area contributed by atoms with E-state index in [4.69, 9.17) is 5.73 Å². The predicted octanol–water partition coefficient (Wildman–Crippen LogP) is 1.25. The molecule has 0 radical (unpaired) electrons. The number of thiazole rings is 1. The molecule has 3 heterocycles. The average Bonchev–Trinajstić information content (AvgIpc) is 2.99. The van der Waals surface area contributed by atoms with E-state index >= 15 is 0 Å². The molecule has 1 amide bonds. The predicted molar refractivity (Wildman–Crippen MR) is 84.5 cm³/mol. The van der Waals surface area contributed by atoms with E-state index in [1.54, 1.807) is 0 Å². The largest absolute Gasteiger partial charge is 0.350 e. The summed E-state index contributed by atoms with van der Waals surface area (Å²) >= 11 is 1.52. The summed E-state index contributed by atoms with van der Waals surface area (Å²) in [6.45, 7) is 1.36. The van der Waals surface area contributed by atoms with Crippen molar-refractivity contribution in [3.63, 3.8) is 0 Å². The van der Waals surface area contributed by atoms with Crippen LogP contribution in [0.5, 0.6) is 0 Å². The van der Waals surface area contributed by atoms with Crippen molar-refractivity contribution in [1.82, 2.24) is 15.2 Å². The van der Waals surface area contributed by atoms with Gasteiger partial charge in [0.2, 0.25) is 0 Å². The molecule has 21 heavy (non-hydrogen) atoms. The number of hydrogen-bond acceptors (Lipinski definition) is 5. The first kappa shape index (κ1) is 14.9. The van der Waals surface area contributed by atoms with E-state index in [0.717, 1.165) is 30.1 Å². The Hall–Kier alpha value is -0.980. The first-order valence-corrected chi connectivity index (χ1v) is 8.70. The van der Waals surface area contributed by atoms with Gasteiger partial charge in [0.1, 0.15) is 5.69 Å². The van der Waals surface area contributed by atoms with Gasteiger partial charge in [0.25, 0.3) is 5.91 Å². The molecule has 116 valence electrons. The molecule has 2 saturated heterocycles. The van der Waals surface area contributed by atoms with Crippen LogP contribution in [0.15, 0.2) is 5.38 Å². The first-order valence-electron chi connectivity index (χ1n) is 7.82. The summed E-state index contributed by atoms with van der Waals surface area (Å²) in [7, 11) is 2.24. The van der Waals surface area contributed by atoms with Gasteiger partial charge < -0.3 is 16.0 Å². The smallest absolute Gasteiger partial charge is 0.270 e. The molecule has 1 aromatic heterocycles. The van der Waals surface area contributed by atoms with Gasteiger partial charge in [0, 0.05) is 30.4 Å². The minimum Gasteiger partial charge on any atom is -0.350 e. The SMILES string of the molecule is CN1C2CCC1CC(CNC(=O)c1csc(CCN)n1)C2. The number of hydrogen-bond donors (Lipinski definition) is 2. The van der Waals surface area contributed by atoms with Crippen LogP contribution in [0, 0.1) is 5.92 Å². The van der Waals surface area contributed by atoms with Gasteiger partial charge in [-0.3, -0.25) is 4.79 Å². The molecule has 0 aliphatic carbocycles. The lowest BCUT2D eigenvalue weighted by Gasteiger charge is -2.36. The normalized spacial score (nSPS) is 28.8. The summed E-state index contributed by atoms with van der Waals surface area (Å²) in [5.74, 6) is 0.575. The van der Waals surface area contributed by atoms with Crippen molar-refractivity contribution in [2.24, 2.45) is 11.7 Å². The number of nitrogens with one attached hydrogen (secondary N) is 1. The summed E-state index contributed by atoms with van der Waals surface area (Å²) in [5.41, 5.74) is 6.05. The van der Waals surface area contributed by atoms with Crippen LogP contribution < -0.4 is 11.1 Å². The topological polar surface area (TPSA) is 71.2 Å². The zero-order chi connectivity index (χ0) is 14.8. The van der Waals surface area contributed by atoms with Gasteiger partial charge in [-0.05, 0) is 45.2 Å². The number of nitrogens with two attached hydrogens (primary N) is 1. The van der Waals surface area contributed by atoms with Crippen LogP contribution in [-0.2, 0) is 6.42 Å². The third-order valence-electron chi connectivity index (χ3n) is 4.89. The fourth-order valence-electron chi connectivity index (χ4n) is 3.67. The number of amides is 1. The number of piperidine rings is 1. The van der Waals surface area contributed by atoms with E-state index < -0.39 is 0 Å². The first-order chi connectivity index (χ1) is 10.2. The monoisotopic (exact) mass is 308 g/mol. The molecule has 0 spiro atoms. The molecule has 2 aliphatic rings. The highest BCUT2D eigenvalue weighted by atomic mass is 32.1. The van der Waals surface area contributed by atoms with Crippen molar-refractivity contribution < 1.29 is 4.79 Å². The maximum absolute atomic E-state index is 12.1. The minimum atomic E-state index is -0.0409. The second kappa shape index (κ2) is 6.42. The molecule has 1 aromatic rings. The Morgan fingerprint density at radius 3 is 2.86 bits per heavy atom. The fourth-order valence-corrected chi connectivity index (χ4v) is 4.47. The molecule has 2 aliphatic heterocycles. The van der Waals surface area contributed by atoms with E-state index in [-0.39, 0.29) is 5.91 Å². The second-order valence-electron chi connectivity index (χ2n) is 6.26. The summed E-state index contributed by atoms with van der Waals surface area (Å²) in [6, 6.07) is 1.45. The van der Waals surface area contributed by atoms with E-state index in [9.17, 15) is 4.79 Å². The van der Waals surface area contributed by atoms with Crippen molar-refractivity contribution in [2.75, 3.05) is 20.1 Å². The Kier molecular flexibility index (Phi) is 4.57. The van der Waals surface area contributed by atoms with Gasteiger partial charge >= 0.3 is 0 Å². The molecule has 2 bridgehead atoms. The lowest BCUT2D eigenvalue weighted by molar-refractivity contribution is 0.0913. The minimum absolute atomic E-state index is 0.0409. The Morgan fingerprint density at radius 2 is 2.19 bits per heavy atom. The molecule has 2 atom stereocenters. The zero-order valence-electron chi connectivity index (χ0n) is 12.5. The summed E-state index contributed by atoms with van der Waals surface area (Å²) in [4.78, 5) is 19.0. The quantitative estimate of drug-likeness (QED) is 0.859. The van der Waals surface area contributed by atoms with Gasteiger partial charge in [0.05, 0.1) is 5.01 Å². The highest BCUT2D eigenvalue weighted by molar-refractivity contribution is 7.09. The van der Waals surface area contributed by atoms with Gasteiger partial charge in [-0.2, -0.15) is 0 Å². The second-order valence-corrected chi connectivity index (χ2v) is 7.21. The van der Waals surface area contributed by atoms with Gasteiger partial charge in [-0.15, -0.1) is 11.3 Å². The molecule has 2 unspecified atom stereocenters. The number of aromatic nitrogens is 1. The van der Waals surface area contributed by atoms with Crippen molar-refractivity contribution in [1.29, 1.82) is 0 Å². The summed E-state index contributed by atoms with van der Waals surface area (Å²) in [6.07, 6.45) is 5.81. The Labute approximate surface area is 129 Å². The molecule has 0 saturated carbocycles. The van der Waals surface area contributed by atoms with Gasteiger partial charge in [0.15, 0.2) is 0 Å². The molecule has 5 nitrogen and oxygen atoms in total. The number of nitrogens with zero attached hydrogens (tertiary/aromatic N) is 2. The average molecular weight is 308 g/mol. The van der Waals surface area contributed by atoms with Crippen LogP contribution in [0.2, 0.25) is 0 Å². The molecule has 2 fully saturated rings. The maximum atomic E-state index is 12.1. The zero-order valence-corrected chi connectivity index (χ0v) is 13.4. The molecule has 3 rings (SSSR count). The number of fused-ring (bicyclic) bond motifs is 2. The third-order valence-corrected chi connectivity index (χ3v) is 5.80. The van der Waals surface area contributed by atoms with Crippen molar-refractivity contribution >= 4 is 17.2 Å². The van der Waals surface area contributed by atoms with Crippen LogP contribution in [0.4, 0.5) is 0 Å². The van der Waals surface area contributed by atoms with Gasteiger partial charge in [-0.1, -0.05) is 0 Å². The van der Waals surface area contributed by atoms with Crippen molar-refractivity contribution in [3.05, 3.63) is 16.1 Å². The van der Waals surface area contributed by atoms with Crippen LogP contribution in [0.1, 0.15) is 41.2 Å². The number of carbonyl (C=O) groups excluding carboxylic acids is 1. The molecule has 0 aromatic carbocycles. The van der Waals surface area contributed by atoms with Crippen LogP contribution >= 0.6 is 11.3 Å². The number of carbonyl (C=O) groups is 1. The summed E-state index contributed by atoms with van der Waals surface area (Å²) < 4.78 is 0. The van der Waals surface area contributed by atoms with Crippen LogP contribution in [-0.4, -0.2) is 48.0 Å². The molecular formula is C15H24N4OS. The van der Waals surface area contributed by atoms with E-state index in [1.807, 2.05) is 5.38 Å². The third kappa shape index (κ3) is 3.27. The molecule has 6 heteroatoms. The van der Waals surface area contributed by atoms with Crippen LogP contribution in [0.3, 0.4) is 0 Å². The molecule has 3 N–H and O–H groups in total. The highest BCUT2D eigenvalue weighted by Gasteiger charge is 2.38. The summed E-state index contributed by atoms with van der Waals surface area (Å²) in [5, 5.41) is 5.84. The lowest BCUT2D eigenvalue weighted by atomic mass is 9.91. The highest BCUT2D eigenvalue weighted by Crippen LogP contribution is 2.37. The lowest BCUT2D eigenvalue weighted by Crippen LogP contribution is -2.43. The van der Waals surface area contributed by atoms with Crippen molar-refractivity contribution in [3.8, 4) is 0 Å². The number of rotatable bonds is 5. The van der Waals surface area contributed by atoms with E-state index in [0.29, 0.717) is 18.2 Å². The Balaban J connectivity index is 1.49. The van der Waals surface area contributed by atoms with E-state index in [1.165, 1.54) is 37.0 Å². The van der Waals surface area contributed by atoms with E-state index in [2.05, 4.69) is 22.2 Å². The Morgan fingerprint density at radius 1 is 1.48 bits per heavy atom. The van der Waals surface area contributed by atoms with Crippen molar-refractivity contribution in [2.45, 2.75) is 44.2 Å². The van der Waals surface area contributed by atoms with Crippen LogP contribution in [0.25, 0.3) is 0 Å². The Bertz CT molecular complexity index is 490. The molecular weight excluding hydrogens is 284 g/mol. The standard InChI is InChI=1S/C15H24N4OS/c1-19-11-2-3-12(19)7-10(6-11)8-17-15(20)13-9-21-14(18-13)4-5-16/h9-12H,2-8,16H2,1H3,(H,17,20). The fraction of sp³-hybridized carbons (Fsp3) is 0.733.